The van der Waals surface area contributed by atoms with Gasteiger partial charge in [-0.25, -0.2) is 0 Å². The molecule has 39 heavy (non-hydrogen) atoms. The van der Waals surface area contributed by atoms with Crippen molar-refractivity contribution in [3.8, 4) is 0 Å². The summed E-state index contributed by atoms with van der Waals surface area (Å²) in [6, 6.07) is 13.2. The van der Waals surface area contributed by atoms with Gasteiger partial charge in [0.15, 0.2) is 0 Å². The lowest BCUT2D eigenvalue weighted by Crippen LogP contribution is -2.38. The molecule has 212 valence electrons. The number of fused-ring (bicyclic) bond motifs is 2. The molecule has 0 amide bonds. The zero-order valence-electron chi connectivity index (χ0n) is 24.0. The summed E-state index contributed by atoms with van der Waals surface area (Å²) < 4.78 is 33.0. The maximum absolute atomic E-state index is 11.4. The van der Waals surface area contributed by atoms with E-state index in [-0.39, 0.29) is 11.1 Å². The molecule has 2 aliphatic rings. The lowest BCUT2D eigenvalue weighted by Gasteiger charge is -2.29. The fraction of sp³-hybridized carbons (Fsp3) is 0.467. The average molecular weight is 589 g/mol. The van der Waals surface area contributed by atoms with E-state index in [1.807, 2.05) is 11.8 Å². The third kappa shape index (κ3) is 8.07. The number of thioether (sulfide) groups is 2. The minimum Gasteiger partial charge on any atom is -0.355 e. The van der Waals surface area contributed by atoms with Crippen molar-refractivity contribution in [1.29, 1.82) is 0 Å². The largest absolute Gasteiger partial charge is 0.355 e. The number of allylic oxidation sites excluding steroid dienone is 2. The van der Waals surface area contributed by atoms with Crippen LogP contribution in [0.3, 0.4) is 0 Å². The fourth-order valence-electron chi connectivity index (χ4n) is 4.93. The number of benzene rings is 2. The Morgan fingerprint density at radius 3 is 2.31 bits per heavy atom. The Morgan fingerprint density at radius 1 is 1.00 bits per heavy atom. The molecule has 0 aromatic heterocycles. The molecular formula is C30H42N3O3S3+. The predicted molar refractivity (Wildman–Crippen MR) is 168 cm³/mol. The Morgan fingerprint density at radius 2 is 1.67 bits per heavy atom. The first-order valence-electron chi connectivity index (χ1n) is 13.6. The van der Waals surface area contributed by atoms with E-state index in [2.05, 4.69) is 100 Å². The van der Waals surface area contributed by atoms with Gasteiger partial charge < -0.3 is 14.3 Å². The number of hydrogen-bond donors (Lipinski definition) is 1. The highest BCUT2D eigenvalue weighted by Crippen LogP contribution is 2.48. The second-order valence-corrected chi connectivity index (χ2v) is 15.3. The van der Waals surface area contributed by atoms with Crippen LogP contribution < -0.4 is 9.80 Å². The van der Waals surface area contributed by atoms with Gasteiger partial charge in [-0.2, -0.15) is 8.42 Å². The molecule has 6 nitrogen and oxygen atoms in total. The topological polar surface area (TPSA) is 60.9 Å². The van der Waals surface area contributed by atoms with Crippen molar-refractivity contribution in [2.45, 2.75) is 55.2 Å². The summed E-state index contributed by atoms with van der Waals surface area (Å²) in [5.41, 5.74) is 6.15. The van der Waals surface area contributed by atoms with Crippen LogP contribution in [0.15, 0.2) is 68.9 Å². The Kier molecular flexibility index (Phi) is 9.49. The van der Waals surface area contributed by atoms with Crippen LogP contribution in [0.25, 0.3) is 0 Å². The molecule has 1 N–H and O–H groups in total. The lowest BCUT2D eigenvalue weighted by atomic mass is 10.1. The average Bonchev–Trinajstić information content (AvgIpc) is 3.34. The molecule has 0 saturated heterocycles. The number of anilines is 2. The summed E-state index contributed by atoms with van der Waals surface area (Å²) in [7, 11) is 2.75. The summed E-state index contributed by atoms with van der Waals surface area (Å²) in [5, 5.41) is 1.33. The first kappa shape index (κ1) is 30.1. The highest BCUT2D eigenvalue weighted by molar-refractivity contribution is 8.03. The van der Waals surface area contributed by atoms with Crippen molar-refractivity contribution in [2.75, 3.05) is 56.3 Å². The van der Waals surface area contributed by atoms with Gasteiger partial charge >= 0.3 is 0 Å². The number of rotatable bonds is 11. The quantitative estimate of drug-likeness (QED) is 0.231. The Bertz CT molecular complexity index is 1360. The van der Waals surface area contributed by atoms with E-state index in [0.29, 0.717) is 13.0 Å². The summed E-state index contributed by atoms with van der Waals surface area (Å²) in [4.78, 5) is 7.27. The SMILES string of the molecule is CCC(=CC1Sc2ccc(C)cc2N1CCC[N+](C)(C)C)C=C1Sc2ccc(C)cc2N1CCCS(=O)(=O)O. The third-order valence-electron chi connectivity index (χ3n) is 6.95. The minimum atomic E-state index is -3.99. The van der Waals surface area contributed by atoms with Crippen LogP contribution in [-0.2, 0) is 10.1 Å². The van der Waals surface area contributed by atoms with Gasteiger partial charge in [0.05, 0.1) is 55.2 Å². The Hall–Kier alpha value is -1.91. The van der Waals surface area contributed by atoms with Crippen LogP contribution in [0.5, 0.6) is 0 Å². The molecule has 2 heterocycles. The van der Waals surface area contributed by atoms with Gasteiger partial charge in [0.2, 0.25) is 0 Å². The molecule has 9 heteroatoms. The van der Waals surface area contributed by atoms with E-state index in [4.69, 9.17) is 0 Å². The summed E-state index contributed by atoms with van der Waals surface area (Å²) in [6.07, 6.45) is 7.06. The third-order valence-corrected chi connectivity index (χ3v) is 10.1. The second-order valence-electron chi connectivity index (χ2n) is 11.5. The van der Waals surface area contributed by atoms with E-state index in [1.54, 1.807) is 11.8 Å². The first-order valence-corrected chi connectivity index (χ1v) is 16.9. The summed E-state index contributed by atoms with van der Waals surface area (Å²) in [6.45, 7) is 9.09. The smallest absolute Gasteiger partial charge is 0.264 e. The van der Waals surface area contributed by atoms with E-state index in [1.165, 1.54) is 32.2 Å². The number of aryl methyl sites for hydroxylation is 2. The van der Waals surface area contributed by atoms with Gasteiger partial charge in [-0.05, 0) is 79.8 Å². The van der Waals surface area contributed by atoms with Gasteiger partial charge in [0, 0.05) is 29.3 Å². The van der Waals surface area contributed by atoms with Crippen molar-refractivity contribution >= 4 is 45.0 Å². The molecule has 1 unspecified atom stereocenters. The standard InChI is InChI=1S/C30H41N3O3S3/c1-7-24(20-29-31(14-8-16-33(4,5)6)25-18-22(2)10-12-27(25)37-29)21-30-32(15-9-17-39(34,35)36)26-19-23(3)11-13-28(26)38-30/h10-13,18-21,29H,7-9,14-17H2,1-6H3/p+1. The maximum atomic E-state index is 11.4. The number of quaternary nitrogens is 1. The minimum absolute atomic E-state index is 0.227. The fourth-order valence-corrected chi connectivity index (χ4v) is 7.87. The molecule has 0 spiro atoms. The molecule has 2 aliphatic heterocycles. The van der Waals surface area contributed by atoms with Gasteiger partial charge in [0.1, 0.15) is 0 Å². The number of hydrogen-bond acceptors (Lipinski definition) is 6. The second kappa shape index (κ2) is 12.3. The summed E-state index contributed by atoms with van der Waals surface area (Å²) >= 11 is 3.65. The van der Waals surface area contributed by atoms with Crippen molar-refractivity contribution in [3.05, 3.63) is 70.3 Å². The van der Waals surface area contributed by atoms with Gasteiger partial charge in [-0.3, -0.25) is 4.55 Å². The van der Waals surface area contributed by atoms with Crippen LogP contribution in [0.2, 0.25) is 0 Å². The zero-order valence-corrected chi connectivity index (χ0v) is 26.4. The molecule has 0 fully saturated rings. The molecule has 0 saturated carbocycles. The molecule has 0 radical (unpaired) electrons. The predicted octanol–water partition coefficient (Wildman–Crippen LogP) is 6.71. The molecule has 0 aliphatic carbocycles. The number of nitrogens with zero attached hydrogens (tertiary/aromatic N) is 3. The van der Waals surface area contributed by atoms with Crippen molar-refractivity contribution in [2.24, 2.45) is 0 Å². The first-order chi connectivity index (χ1) is 18.3. The van der Waals surface area contributed by atoms with Crippen LogP contribution in [0.4, 0.5) is 11.4 Å². The van der Waals surface area contributed by atoms with Crippen molar-refractivity contribution in [1.82, 2.24) is 0 Å². The van der Waals surface area contributed by atoms with Crippen LogP contribution in [-0.4, -0.2) is 69.4 Å². The van der Waals surface area contributed by atoms with Crippen molar-refractivity contribution in [3.63, 3.8) is 0 Å². The van der Waals surface area contributed by atoms with Crippen LogP contribution in [0.1, 0.15) is 37.3 Å². The van der Waals surface area contributed by atoms with E-state index in [9.17, 15) is 13.0 Å². The Labute approximate surface area is 243 Å². The van der Waals surface area contributed by atoms with Gasteiger partial charge in [0.25, 0.3) is 10.1 Å². The maximum Gasteiger partial charge on any atom is 0.264 e. The highest BCUT2D eigenvalue weighted by Gasteiger charge is 2.30. The van der Waals surface area contributed by atoms with E-state index >= 15 is 0 Å². The molecule has 1 atom stereocenters. The Balaban J connectivity index is 1.62. The summed E-state index contributed by atoms with van der Waals surface area (Å²) in [5.74, 6) is -0.238. The van der Waals surface area contributed by atoms with E-state index < -0.39 is 10.1 Å². The molecular weight excluding hydrogens is 547 g/mol. The highest BCUT2D eigenvalue weighted by atomic mass is 32.2. The molecule has 0 bridgehead atoms. The molecule has 2 aromatic carbocycles. The van der Waals surface area contributed by atoms with Crippen LogP contribution in [0, 0.1) is 13.8 Å². The molecule has 4 rings (SSSR count). The van der Waals surface area contributed by atoms with Crippen LogP contribution >= 0.6 is 23.5 Å². The normalized spacial score (nSPS) is 18.7. The van der Waals surface area contributed by atoms with Crippen molar-refractivity contribution < 1.29 is 17.5 Å². The monoisotopic (exact) mass is 588 g/mol. The molecule has 2 aromatic rings. The zero-order chi connectivity index (χ0) is 28.4. The lowest BCUT2D eigenvalue weighted by molar-refractivity contribution is -0.870. The van der Waals surface area contributed by atoms with E-state index in [0.717, 1.165) is 41.1 Å². The van der Waals surface area contributed by atoms with Gasteiger partial charge in [-0.15, -0.1) is 0 Å². The van der Waals surface area contributed by atoms with Gasteiger partial charge in [-0.1, -0.05) is 42.6 Å².